The molecule has 0 bridgehead atoms. The van der Waals surface area contributed by atoms with Gasteiger partial charge in [0.1, 0.15) is 0 Å². The normalized spacial score (nSPS) is 29.0. The van der Waals surface area contributed by atoms with Crippen LogP contribution in [0, 0.1) is 0 Å². The van der Waals surface area contributed by atoms with Crippen LogP contribution in [0.5, 0.6) is 0 Å². The molecule has 2 fully saturated rings. The van der Waals surface area contributed by atoms with Crippen molar-refractivity contribution in [3.63, 3.8) is 0 Å². The Morgan fingerprint density at radius 3 is 2.73 bits per heavy atom. The Morgan fingerprint density at radius 1 is 1.13 bits per heavy atom. The van der Waals surface area contributed by atoms with Gasteiger partial charge in [0.25, 0.3) is 0 Å². The number of aliphatic hydroxyl groups is 1. The second-order valence-electron chi connectivity index (χ2n) is 4.95. The number of nitrogens with zero attached hydrogens (tertiary/aromatic N) is 1. The lowest BCUT2D eigenvalue weighted by molar-refractivity contribution is 0.150. The zero-order chi connectivity index (χ0) is 10.5. The largest absolute Gasteiger partial charge is 0.395 e. The van der Waals surface area contributed by atoms with Gasteiger partial charge in [-0.2, -0.15) is 0 Å². The monoisotopic (exact) mass is 212 g/mol. The van der Waals surface area contributed by atoms with Crippen molar-refractivity contribution in [2.24, 2.45) is 0 Å². The summed E-state index contributed by atoms with van der Waals surface area (Å²) >= 11 is 0. The Bertz CT molecular complexity index is 182. The van der Waals surface area contributed by atoms with Crippen molar-refractivity contribution in [2.45, 2.75) is 50.6 Å². The quantitative estimate of drug-likeness (QED) is 0.713. The minimum atomic E-state index is 0.305. The molecule has 3 nitrogen and oxygen atoms in total. The summed E-state index contributed by atoms with van der Waals surface area (Å²) in [5, 5.41) is 12.7. The number of rotatable bonds is 5. The summed E-state index contributed by atoms with van der Waals surface area (Å²) in [5.41, 5.74) is 0. The van der Waals surface area contributed by atoms with Gasteiger partial charge < -0.3 is 10.4 Å². The van der Waals surface area contributed by atoms with Crippen molar-refractivity contribution in [3.05, 3.63) is 0 Å². The predicted molar refractivity (Wildman–Crippen MR) is 61.9 cm³/mol. The molecule has 3 heteroatoms. The molecule has 0 aromatic carbocycles. The minimum absolute atomic E-state index is 0.305. The van der Waals surface area contributed by atoms with E-state index in [9.17, 15) is 0 Å². The summed E-state index contributed by atoms with van der Waals surface area (Å²) in [6, 6.07) is 1.48. The average molecular weight is 212 g/mol. The molecule has 15 heavy (non-hydrogen) atoms. The fourth-order valence-electron chi connectivity index (χ4n) is 2.48. The Kier molecular flexibility index (Phi) is 4.42. The van der Waals surface area contributed by atoms with Gasteiger partial charge in [-0.05, 0) is 32.2 Å². The van der Waals surface area contributed by atoms with Gasteiger partial charge in [0, 0.05) is 25.2 Å². The first-order valence-corrected chi connectivity index (χ1v) is 6.48. The van der Waals surface area contributed by atoms with Gasteiger partial charge in [-0.3, -0.25) is 4.90 Å². The van der Waals surface area contributed by atoms with Crippen LogP contribution in [0.25, 0.3) is 0 Å². The van der Waals surface area contributed by atoms with E-state index in [2.05, 4.69) is 10.2 Å². The van der Waals surface area contributed by atoms with Gasteiger partial charge in [-0.15, -0.1) is 0 Å². The van der Waals surface area contributed by atoms with E-state index >= 15 is 0 Å². The van der Waals surface area contributed by atoms with Crippen LogP contribution in [-0.2, 0) is 0 Å². The van der Waals surface area contributed by atoms with E-state index in [1.165, 1.54) is 45.1 Å². The molecule has 0 amide bonds. The van der Waals surface area contributed by atoms with Crippen LogP contribution in [0.1, 0.15) is 38.5 Å². The smallest absolute Gasteiger partial charge is 0.0558 e. The lowest BCUT2D eigenvalue weighted by Gasteiger charge is -2.29. The Hall–Kier alpha value is -0.120. The summed E-state index contributed by atoms with van der Waals surface area (Å²) in [6.07, 6.45) is 8.07. The highest BCUT2D eigenvalue weighted by Crippen LogP contribution is 2.20. The lowest BCUT2D eigenvalue weighted by Crippen LogP contribution is -2.43. The molecule has 1 saturated heterocycles. The molecule has 2 aliphatic rings. The van der Waals surface area contributed by atoms with Crippen molar-refractivity contribution in [1.82, 2.24) is 10.2 Å². The maximum atomic E-state index is 9.06. The third-order valence-corrected chi connectivity index (χ3v) is 3.61. The fourth-order valence-corrected chi connectivity index (χ4v) is 2.48. The summed E-state index contributed by atoms with van der Waals surface area (Å²) in [4.78, 5) is 2.47. The van der Waals surface area contributed by atoms with Gasteiger partial charge in [0.2, 0.25) is 0 Å². The molecular weight excluding hydrogens is 188 g/mol. The van der Waals surface area contributed by atoms with Crippen LogP contribution in [0.15, 0.2) is 0 Å². The van der Waals surface area contributed by atoms with Crippen molar-refractivity contribution < 1.29 is 5.11 Å². The van der Waals surface area contributed by atoms with E-state index in [1.54, 1.807) is 0 Å². The predicted octanol–water partition coefficient (Wildman–Crippen LogP) is 0.975. The zero-order valence-corrected chi connectivity index (χ0v) is 9.62. The first-order chi connectivity index (χ1) is 7.40. The molecule has 1 aliphatic heterocycles. The van der Waals surface area contributed by atoms with E-state index in [4.69, 9.17) is 5.11 Å². The van der Waals surface area contributed by atoms with E-state index in [-0.39, 0.29) is 0 Å². The second-order valence-corrected chi connectivity index (χ2v) is 4.95. The lowest BCUT2D eigenvalue weighted by atomic mass is 10.1. The third kappa shape index (κ3) is 3.74. The van der Waals surface area contributed by atoms with E-state index in [0.29, 0.717) is 12.6 Å². The number of β-amino-alcohol motifs (C(OH)–C–C–N with tert-alkyl or cyclic N) is 1. The van der Waals surface area contributed by atoms with E-state index in [0.717, 1.165) is 19.1 Å². The molecular formula is C12H24N2O. The molecule has 1 unspecified atom stereocenters. The van der Waals surface area contributed by atoms with Crippen LogP contribution < -0.4 is 5.32 Å². The Labute approximate surface area is 92.8 Å². The van der Waals surface area contributed by atoms with Crippen LogP contribution in [0.2, 0.25) is 0 Å². The van der Waals surface area contributed by atoms with E-state index < -0.39 is 0 Å². The number of aliphatic hydroxyl groups excluding tert-OH is 1. The average Bonchev–Trinajstić information content (AvgIpc) is 3.03. The van der Waals surface area contributed by atoms with Gasteiger partial charge >= 0.3 is 0 Å². The molecule has 0 aromatic rings. The van der Waals surface area contributed by atoms with Crippen LogP contribution in [-0.4, -0.2) is 48.3 Å². The topological polar surface area (TPSA) is 35.5 Å². The maximum absolute atomic E-state index is 9.06. The van der Waals surface area contributed by atoms with Crippen molar-refractivity contribution >= 4 is 0 Å². The van der Waals surface area contributed by atoms with Gasteiger partial charge in [-0.25, -0.2) is 0 Å². The second kappa shape index (κ2) is 5.83. The molecule has 0 spiro atoms. The van der Waals surface area contributed by atoms with Gasteiger partial charge in [0.15, 0.2) is 0 Å². The highest BCUT2D eigenvalue weighted by molar-refractivity contribution is 4.85. The highest BCUT2D eigenvalue weighted by atomic mass is 16.3. The summed E-state index contributed by atoms with van der Waals surface area (Å²) < 4.78 is 0. The minimum Gasteiger partial charge on any atom is -0.395 e. The van der Waals surface area contributed by atoms with Crippen molar-refractivity contribution in [2.75, 3.05) is 26.2 Å². The van der Waals surface area contributed by atoms with Crippen LogP contribution >= 0.6 is 0 Å². The van der Waals surface area contributed by atoms with E-state index in [1.807, 2.05) is 0 Å². The molecule has 88 valence electrons. The Balaban J connectivity index is 1.78. The van der Waals surface area contributed by atoms with Crippen molar-refractivity contribution in [1.29, 1.82) is 0 Å². The fraction of sp³-hybridized carbons (Fsp3) is 1.00. The first-order valence-electron chi connectivity index (χ1n) is 6.48. The summed E-state index contributed by atoms with van der Waals surface area (Å²) in [7, 11) is 0. The molecule has 0 radical (unpaired) electrons. The third-order valence-electron chi connectivity index (χ3n) is 3.61. The van der Waals surface area contributed by atoms with Crippen LogP contribution in [0.4, 0.5) is 0 Å². The van der Waals surface area contributed by atoms with Crippen molar-refractivity contribution in [3.8, 4) is 0 Å². The summed E-state index contributed by atoms with van der Waals surface area (Å²) in [6.45, 7) is 3.47. The standard InChI is InChI=1S/C12H24N2O/c15-9-8-14-7-3-1-2-4-12(14)10-13-11-5-6-11/h11-13,15H,1-10H2. The molecule has 1 aliphatic carbocycles. The zero-order valence-electron chi connectivity index (χ0n) is 9.62. The number of hydrogen-bond donors (Lipinski definition) is 2. The molecule has 0 aromatic heterocycles. The SMILES string of the molecule is OCCN1CCCCCC1CNC1CC1. The summed E-state index contributed by atoms with van der Waals surface area (Å²) in [5.74, 6) is 0. The molecule has 1 saturated carbocycles. The van der Waals surface area contributed by atoms with Gasteiger partial charge in [-0.1, -0.05) is 12.8 Å². The van der Waals surface area contributed by atoms with Crippen LogP contribution in [0.3, 0.4) is 0 Å². The highest BCUT2D eigenvalue weighted by Gasteiger charge is 2.25. The molecule has 1 atom stereocenters. The number of likely N-dealkylation sites (tertiary alicyclic amines) is 1. The van der Waals surface area contributed by atoms with Gasteiger partial charge in [0.05, 0.1) is 6.61 Å². The molecule has 1 heterocycles. The Morgan fingerprint density at radius 2 is 2.00 bits per heavy atom. The molecule has 2 rings (SSSR count). The number of nitrogens with one attached hydrogen (secondary N) is 1. The first kappa shape index (κ1) is 11.4. The maximum Gasteiger partial charge on any atom is 0.0558 e. The molecule has 2 N–H and O–H groups in total. The number of hydrogen-bond acceptors (Lipinski definition) is 3.